The van der Waals surface area contributed by atoms with E-state index in [1.807, 2.05) is 18.2 Å². The van der Waals surface area contributed by atoms with Gasteiger partial charge in [-0.15, -0.1) is 0 Å². The van der Waals surface area contributed by atoms with Crippen molar-refractivity contribution in [3.8, 4) is 22.3 Å². The van der Waals surface area contributed by atoms with Crippen LogP contribution in [-0.2, 0) is 0 Å². The van der Waals surface area contributed by atoms with E-state index < -0.39 is 0 Å². The Morgan fingerprint density at radius 2 is 1.18 bits per heavy atom. The van der Waals surface area contributed by atoms with Crippen molar-refractivity contribution in [3.63, 3.8) is 0 Å². The van der Waals surface area contributed by atoms with Gasteiger partial charge in [-0.05, 0) is 51.9 Å². The molecule has 3 aromatic rings. The number of hydrogen-bond donors (Lipinski definition) is 0. The lowest BCUT2D eigenvalue weighted by Gasteiger charge is -2.13. The van der Waals surface area contributed by atoms with Gasteiger partial charge < -0.3 is 0 Å². The number of rotatable bonds is 3. The fourth-order valence-corrected chi connectivity index (χ4v) is 2.59. The van der Waals surface area contributed by atoms with Gasteiger partial charge in [-0.25, -0.2) is 4.39 Å². The van der Waals surface area contributed by atoms with Crippen molar-refractivity contribution in [1.82, 2.24) is 0 Å². The smallest absolute Gasteiger partial charge is 0.123 e. The Labute approximate surface area is 131 Å². The normalized spacial score (nSPS) is 10.9. The van der Waals surface area contributed by atoms with Gasteiger partial charge in [-0.1, -0.05) is 68.4 Å². The van der Waals surface area contributed by atoms with Crippen molar-refractivity contribution in [3.05, 3.63) is 84.2 Å². The van der Waals surface area contributed by atoms with Crippen molar-refractivity contribution in [2.24, 2.45) is 0 Å². The van der Waals surface area contributed by atoms with E-state index in [1.54, 1.807) is 0 Å². The molecular weight excluding hydrogens is 271 g/mol. The Bertz CT molecular complexity index is 756. The molecule has 0 N–H and O–H groups in total. The molecule has 0 radical (unpaired) electrons. The van der Waals surface area contributed by atoms with Crippen molar-refractivity contribution < 1.29 is 4.39 Å². The maximum Gasteiger partial charge on any atom is 0.123 e. The first-order valence-electron chi connectivity index (χ1n) is 7.60. The van der Waals surface area contributed by atoms with Gasteiger partial charge in [-0.3, -0.25) is 0 Å². The maximum atomic E-state index is 13.2. The van der Waals surface area contributed by atoms with E-state index in [0.29, 0.717) is 5.92 Å². The Hall–Kier alpha value is -2.41. The first kappa shape index (κ1) is 14.5. The van der Waals surface area contributed by atoms with E-state index in [4.69, 9.17) is 0 Å². The molecule has 0 aliphatic heterocycles. The Kier molecular flexibility index (Phi) is 4.06. The number of halogens is 1. The van der Waals surface area contributed by atoms with Crippen LogP contribution >= 0.6 is 0 Å². The average Bonchev–Trinajstić information content (AvgIpc) is 2.56. The zero-order chi connectivity index (χ0) is 15.5. The fraction of sp³-hybridized carbons (Fsp3) is 0.143. The van der Waals surface area contributed by atoms with Crippen molar-refractivity contribution >= 4 is 0 Å². The zero-order valence-corrected chi connectivity index (χ0v) is 12.9. The second-order valence-corrected chi connectivity index (χ2v) is 5.87. The summed E-state index contributed by atoms with van der Waals surface area (Å²) >= 11 is 0. The highest BCUT2D eigenvalue weighted by molar-refractivity contribution is 5.74. The molecule has 22 heavy (non-hydrogen) atoms. The Balaban J connectivity index is 2.14. The summed E-state index contributed by atoms with van der Waals surface area (Å²) in [5, 5.41) is 0. The summed E-state index contributed by atoms with van der Waals surface area (Å²) < 4.78 is 13.2. The van der Waals surface area contributed by atoms with Crippen LogP contribution in [0.25, 0.3) is 22.3 Å². The molecule has 0 nitrogen and oxygen atoms in total. The first-order valence-corrected chi connectivity index (χ1v) is 7.60. The molecular formula is C21H19F. The van der Waals surface area contributed by atoms with Crippen LogP contribution in [0.4, 0.5) is 4.39 Å². The fourth-order valence-electron chi connectivity index (χ4n) is 2.59. The molecule has 0 aliphatic carbocycles. The maximum absolute atomic E-state index is 13.2. The quantitative estimate of drug-likeness (QED) is 0.532. The second-order valence-electron chi connectivity index (χ2n) is 5.87. The predicted molar refractivity (Wildman–Crippen MR) is 91.4 cm³/mol. The topological polar surface area (TPSA) is 0 Å². The summed E-state index contributed by atoms with van der Waals surface area (Å²) in [5.74, 6) is 0.245. The van der Waals surface area contributed by atoms with Gasteiger partial charge >= 0.3 is 0 Å². The van der Waals surface area contributed by atoms with Gasteiger partial charge in [0.05, 0.1) is 0 Å². The molecule has 0 unspecified atom stereocenters. The first-order chi connectivity index (χ1) is 10.6. The van der Waals surface area contributed by atoms with Crippen LogP contribution in [-0.4, -0.2) is 0 Å². The summed E-state index contributed by atoms with van der Waals surface area (Å²) in [6.07, 6.45) is 0. The molecule has 0 aliphatic rings. The van der Waals surface area contributed by atoms with E-state index in [9.17, 15) is 4.39 Å². The van der Waals surface area contributed by atoms with Crippen molar-refractivity contribution in [1.29, 1.82) is 0 Å². The summed E-state index contributed by atoms with van der Waals surface area (Å²) in [6, 6.07) is 23.7. The van der Waals surface area contributed by atoms with Gasteiger partial charge in [0, 0.05) is 0 Å². The lowest BCUT2D eigenvalue weighted by Crippen LogP contribution is -1.91. The highest BCUT2D eigenvalue weighted by Crippen LogP contribution is 2.31. The Morgan fingerprint density at radius 1 is 0.636 bits per heavy atom. The molecule has 0 bridgehead atoms. The van der Waals surface area contributed by atoms with Gasteiger partial charge in [0.2, 0.25) is 0 Å². The summed E-state index contributed by atoms with van der Waals surface area (Å²) in [4.78, 5) is 0. The lowest BCUT2D eigenvalue weighted by molar-refractivity contribution is 0.628. The molecule has 0 saturated carbocycles. The summed E-state index contributed by atoms with van der Waals surface area (Å²) in [7, 11) is 0. The van der Waals surface area contributed by atoms with Crippen LogP contribution in [0.2, 0.25) is 0 Å². The zero-order valence-electron chi connectivity index (χ0n) is 12.9. The second kappa shape index (κ2) is 6.15. The number of hydrogen-bond acceptors (Lipinski definition) is 0. The molecule has 1 heteroatoms. The van der Waals surface area contributed by atoms with Crippen LogP contribution in [0.3, 0.4) is 0 Å². The van der Waals surface area contributed by atoms with Gasteiger partial charge in [0.25, 0.3) is 0 Å². The minimum atomic E-state index is -0.202. The van der Waals surface area contributed by atoms with Gasteiger partial charge in [0.15, 0.2) is 0 Å². The van der Waals surface area contributed by atoms with E-state index in [2.05, 4.69) is 56.3 Å². The van der Waals surface area contributed by atoms with Crippen LogP contribution in [0, 0.1) is 5.82 Å². The minimum absolute atomic E-state index is 0.202. The SMILES string of the molecule is CC(C)c1cc(-c2ccccc2)cc(-c2ccc(F)cc2)c1. The van der Waals surface area contributed by atoms with Gasteiger partial charge in [-0.2, -0.15) is 0 Å². The molecule has 0 fully saturated rings. The molecule has 0 atom stereocenters. The standard InChI is InChI=1S/C21H19F/c1-15(2)18-12-19(16-6-4-3-5-7-16)14-20(13-18)17-8-10-21(22)11-9-17/h3-15H,1-2H3. The van der Waals surface area contributed by atoms with Crippen LogP contribution in [0.5, 0.6) is 0 Å². The highest BCUT2D eigenvalue weighted by Gasteiger charge is 2.08. The molecule has 0 heterocycles. The number of benzene rings is 3. The molecule has 0 amide bonds. The van der Waals surface area contributed by atoms with Crippen molar-refractivity contribution in [2.75, 3.05) is 0 Å². The monoisotopic (exact) mass is 290 g/mol. The van der Waals surface area contributed by atoms with Crippen LogP contribution in [0.15, 0.2) is 72.8 Å². The lowest BCUT2D eigenvalue weighted by atomic mass is 9.92. The predicted octanol–water partition coefficient (Wildman–Crippen LogP) is 6.28. The van der Waals surface area contributed by atoms with Crippen LogP contribution in [0.1, 0.15) is 25.3 Å². The molecule has 110 valence electrons. The Morgan fingerprint density at radius 3 is 1.73 bits per heavy atom. The van der Waals surface area contributed by atoms with E-state index in [1.165, 1.54) is 28.8 Å². The third kappa shape index (κ3) is 3.09. The third-order valence-electron chi connectivity index (χ3n) is 3.91. The summed E-state index contributed by atoms with van der Waals surface area (Å²) in [5.41, 5.74) is 5.87. The van der Waals surface area contributed by atoms with Crippen LogP contribution < -0.4 is 0 Å². The van der Waals surface area contributed by atoms with Crippen molar-refractivity contribution in [2.45, 2.75) is 19.8 Å². The third-order valence-corrected chi connectivity index (χ3v) is 3.91. The van der Waals surface area contributed by atoms with E-state index in [-0.39, 0.29) is 5.82 Å². The minimum Gasteiger partial charge on any atom is -0.207 e. The van der Waals surface area contributed by atoms with E-state index in [0.717, 1.165) is 11.1 Å². The average molecular weight is 290 g/mol. The molecule has 0 spiro atoms. The molecule has 3 rings (SSSR count). The molecule has 3 aromatic carbocycles. The molecule has 0 aromatic heterocycles. The molecule has 0 saturated heterocycles. The van der Waals surface area contributed by atoms with E-state index >= 15 is 0 Å². The highest BCUT2D eigenvalue weighted by atomic mass is 19.1. The van der Waals surface area contributed by atoms with Gasteiger partial charge in [0.1, 0.15) is 5.82 Å². The summed E-state index contributed by atoms with van der Waals surface area (Å²) in [6.45, 7) is 4.39. The largest absolute Gasteiger partial charge is 0.207 e.